The zero-order chi connectivity index (χ0) is 21.8. The van der Waals surface area contributed by atoms with Gasteiger partial charge in [0.15, 0.2) is 0 Å². The molecule has 0 unspecified atom stereocenters. The van der Waals surface area contributed by atoms with E-state index in [4.69, 9.17) is 0 Å². The van der Waals surface area contributed by atoms with Crippen LogP contribution in [0.1, 0.15) is 57.4 Å². The number of carbonyl (C=O) groups excluding carboxylic acids is 1. The molecule has 1 saturated carbocycles. The second-order valence-electron chi connectivity index (χ2n) is 7.49. The second kappa shape index (κ2) is 9.22. The van der Waals surface area contributed by atoms with E-state index in [1.165, 1.54) is 37.1 Å². The number of carboxylic acids is 1. The molecule has 0 atom stereocenters. The Bertz CT molecular complexity index is 1150. The fourth-order valence-corrected chi connectivity index (χ4v) is 4.25. The number of hydrogen-bond acceptors (Lipinski definition) is 4. The van der Waals surface area contributed by atoms with Gasteiger partial charge in [0.1, 0.15) is 10.8 Å². The first-order chi connectivity index (χ1) is 15.0. The molecule has 0 radical (unpaired) electrons. The molecule has 1 aliphatic rings. The molecule has 1 amide bonds. The molecule has 3 aromatic rings. The molecule has 0 aliphatic heterocycles. The Morgan fingerprint density at radius 2 is 2.00 bits per heavy atom. The van der Waals surface area contributed by atoms with Gasteiger partial charge in [-0.05, 0) is 48.7 Å². The van der Waals surface area contributed by atoms with Crippen molar-refractivity contribution < 1.29 is 19.1 Å². The van der Waals surface area contributed by atoms with Gasteiger partial charge in [-0.25, -0.2) is 14.2 Å². The predicted molar refractivity (Wildman–Crippen MR) is 120 cm³/mol. The van der Waals surface area contributed by atoms with Gasteiger partial charge in [-0.1, -0.05) is 30.7 Å². The number of nitrogens with one attached hydrogen (secondary N) is 1. The van der Waals surface area contributed by atoms with Crippen molar-refractivity contribution >= 4 is 41.1 Å². The maximum absolute atomic E-state index is 14.1. The summed E-state index contributed by atoms with van der Waals surface area (Å²) < 4.78 is 14.1. The summed E-state index contributed by atoms with van der Waals surface area (Å²) in [5.41, 5.74) is 2.27. The smallest absolute Gasteiger partial charge is 0.336 e. The van der Waals surface area contributed by atoms with Gasteiger partial charge in [0.05, 0.1) is 17.7 Å². The van der Waals surface area contributed by atoms with Crippen LogP contribution >= 0.6 is 11.3 Å². The van der Waals surface area contributed by atoms with Crippen molar-refractivity contribution in [2.75, 3.05) is 5.32 Å². The molecule has 1 aromatic heterocycles. The first-order valence-corrected chi connectivity index (χ1v) is 10.9. The third-order valence-electron chi connectivity index (χ3n) is 5.34. The first kappa shape index (κ1) is 20.9. The van der Waals surface area contributed by atoms with Crippen LogP contribution in [-0.4, -0.2) is 22.0 Å². The number of thiazole rings is 1. The van der Waals surface area contributed by atoms with Crippen LogP contribution in [0, 0.1) is 5.82 Å². The van der Waals surface area contributed by atoms with E-state index in [0.29, 0.717) is 11.6 Å². The Morgan fingerprint density at radius 3 is 2.74 bits per heavy atom. The Balaban J connectivity index is 1.42. The molecule has 1 fully saturated rings. The van der Waals surface area contributed by atoms with Crippen LogP contribution in [0.3, 0.4) is 0 Å². The SMILES string of the molecule is O=C(Cc1c(F)cccc1C(=O)O)Nc1cccc(C=Cc2nc(C3CCC3)cs2)c1. The molecule has 4 rings (SSSR count). The van der Waals surface area contributed by atoms with Crippen LogP contribution in [-0.2, 0) is 11.2 Å². The summed E-state index contributed by atoms with van der Waals surface area (Å²) in [7, 11) is 0. The van der Waals surface area contributed by atoms with E-state index in [1.807, 2.05) is 24.3 Å². The van der Waals surface area contributed by atoms with Crippen molar-refractivity contribution in [3.05, 3.63) is 81.1 Å². The summed E-state index contributed by atoms with van der Waals surface area (Å²) in [4.78, 5) is 28.4. The summed E-state index contributed by atoms with van der Waals surface area (Å²) in [5.74, 6) is -1.86. The lowest BCUT2D eigenvalue weighted by Crippen LogP contribution is -2.17. The van der Waals surface area contributed by atoms with E-state index in [0.717, 1.165) is 16.6 Å². The quantitative estimate of drug-likeness (QED) is 0.505. The minimum atomic E-state index is -1.27. The average molecular weight is 437 g/mol. The number of aromatic nitrogens is 1. The first-order valence-electron chi connectivity index (χ1n) is 10.0. The van der Waals surface area contributed by atoms with Crippen LogP contribution in [0.5, 0.6) is 0 Å². The number of aromatic carboxylic acids is 1. The molecular weight excluding hydrogens is 415 g/mol. The van der Waals surface area contributed by atoms with Crippen molar-refractivity contribution in [1.82, 2.24) is 4.98 Å². The van der Waals surface area contributed by atoms with Crippen LogP contribution in [0.25, 0.3) is 12.2 Å². The van der Waals surface area contributed by atoms with E-state index >= 15 is 0 Å². The number of carboxylic acid groups (broad SMARTS) is 1. The summed E-state index contributed by atoms with van der Waals surface area (Å²) in [6, 6.07) is 11.0. The number of anilines is 1. The number of carbonyl (C=O) groups is 2. The highest BCUT2D eigenvalue weighted by atomic mass is 32.1. The maximum atomic E-state index is 14.1. The number of nitrogens with zero attached hydrogens (tertiary/aromatic N) is 1. The molecule has 5 nitrogen and oxygen atoms in total. The third kappa shape index (κ3) is 5.06. The number of amides is 1. The monoisotopic (exact) mass is 436 g/mol. The van der Waals surface area contributed by atoms with Crippen LogP contribution in [0.4, 0.5) is 10.1 Å². The zero-order valence-electron chi connectivity index (χ0n) is 16.7. The van der Waals surface area contributed by atoms with Gasteiger partial charge in [-0.3, -0.25) is 4.79 Å². The standard InChI is InChI=1S/C24H21FN2O3S/c25-20-9-3-8-18(24(29)30)19(20)13-22(28)26-17-7-1-4-15(12-17)10-11-23-27-21(14-31-23)16-5-2-6-16/h1,3-4,7-12,14,16H,2,5-6,13H2,(H,26,28)(H,29,30). The fourth-order valence-electron chi connectivity index (χ4n) is 3.46. The summed E-state index contributed by atoms with van der Waals surface area (Å²) in [5, 5.41) is 15.0. The van der Waals surface area contributed by atoms with E-state index in [-0.39, 0.29) is 17.5 Å². The second-order valence-corrected chi connectivity index (χ2v) is 8.38. The van der Waals surface area contributed by atoms with E-state index in [2.05, 4.69) is 15.7 Å². The number of rotatable bonds is 7. The Hall–Kier alpha value is -3.32. The Labute approximate surface area is 183 Å². The van der Waals surface area contributed by atoms with Crippen molar-refractivity contribution in [3.63, 3.8) is 0 Å². The molecule has 0 spiro atoms. The lowest BCUT2D eigenvalue weighted by Gasteiger charge is -2.22. The van der Waals surface area contributed by atoms with Gasteiger partial charge < -0.3 is 10.4 Å². The summed E-state index contributed by atoms with van der Waals surface area (Å²) in [6.45, 7) is 0. The van der Waals surface area contributed by atoms with Crippen LogP contribution in [0.15, 0.2) is 47.8 Å². The van der Waals surface area contributed by atoms with Crippen LogP contribution in [0.2, 0.25) is 0 Å². The van der Waals surface area contributed by atoms with Crippen molar-refractivity contribution in [2.45, 2.75) is 31.6 Å². The topological polar surface area (TPSA) is 79.3 Å². The number of benzene rings is 2. The molecule has 0 saturated heterocycles. The molecule has 1 aliphatic carbocycles. The number of hydrogen-bond donors (Lipinski definition) is 2. The maximum Gasteiger partial charge on any atom is 0.336 e. The highest BCUT2D eigenvalue weighted by Gasteiger charge is 2.21. The lowest BCUT2D eigenvalue weighted by atomic mass is 9.83. The predicted octanol–water partition coefficient (Wildman–Crippen LogP) is 5.60. The van der Waals surface area contributed by atoms with Gasteiger partial charge in [-0.2, -0.15) is 0 Å². The van der Waals surface area contributed by atoms with E-state index < -0.39 is 17.7 Å². The third-order valence-corrected chi connectivity index (χ3v) is 6.17. The van der Waals surface area contributed by atoms with Crippen LogP contribution < -0.4 is 5.32 Å². The largest absolute Gasteiger partial charge is 0.478 e. The molecule has 0 bridgehead atoms. The van der Waals surface area contributed by atoms with Gasteiger partial charge in [0.25, 0.3) is 0 Å². The average Bonchev–Trinajstić information content (AvgIpc) is 3.15. The highest BCUT2D eigenvalue weighted by Crippen LogP contribution is 2.36. The highest BCUT2D eigenvalue weighted by molar-refractivity contribution is 7.10. The van der Waals surface area contributed by atoms with Gasteiger partial charge in [-0.15, -0.1) is 11.3 Å². The molecule has 31 heavy (non-hydrogen) atoms. The van der Waals surface area contributed by atoms with E-state index in [1.54, 1.807) is 23.5 Å². The molecule has 2 aromatic carbocycles. The molecular formula is C24H21FN2O3S. The Morgan fingerprint density at radius 1 is 1.19 bits per heavy atom. The normalized spacial score (nSPS) is 13.8. The van der Waals surface area contributed by atoms with Gasteiger partial charge in [0, 0.05) is 22.5 Å². The summed E-state index contributed by atoms with van der Waals surface area (Å²) >= 11 is 1.62. The molecule has 2 N–H and O–H groups in total. The van der Waals surface area contributed by atoms with Crippen molar-refractivity contribution in [2.24, 2.45) is 0 Å². The fraction of sp³-hybridized carbons (Fsp3) is 0.208. The zero-order valence-corrected chi connectivity index (χ0v) is 17.5. The summed E-state index contributed by atoms with van der Waals surface area (Å²) in [6.07, 6.45) is 7.23. The van der Waals surface area contributed by atoms with Gasteiger partial charge in [0.2, 0.25) is 5.91 Å². The minimum Gasteiger partial charge on any atom is -0.478 e. The lowest BCUT2D eigenvalue weighted by molar-refractivity contribution is -0.115. The van der Waals surface area contributed by atoms with Crippen molar-refractivity contribution in [3.8, 4) is 0 Å². The van der Waals surface area contributed by atoms with Gasteiger partial charge >= 0.3 is 5.97 Å². The Kier molecular flexibility index (Phi) is 6.23. The minimum absolute atomic E-state index is 0.130. The number of halogens is 1. The molecule has 158 valence electrons. The van der Waals surface area contributed by atoms with E-state index in [9.17, 15) is 19.1 Å². The molecule has 7 heteroatoms. The van der Waals surface area contributed by atoms with Crippen molar-refractivity contribution in [1.29, 1.82) is 0 Å². The molecule has 1 heterocycles.